The van der Waals surface area contributed by atoms with Crippen molar-refractivity contribution in [2.45, 2.75) is 118 Å². The van der Waals surface area contributed by atoms with Crippen LogP contribution in [-0.4, -0.2) is 49.4 Å². The van der Waals surface area contributed by atoms with Gasteiger partial charge in [0.25, 0.3) is 0 Å². The normalized spacial score (nSPS) is 11.7. The maximum Gasteiger partial charge on any atom is 0.0994 e. The third-order valence-electron chi connectivity index (χ3n) is 7.64. The summed E-state index contributed by atoms with van der Waals surface area (Å²) in [6.07, 6.45) is 15.4. The zero-order valence-electron chi connectivity index (χ0n) is 26.5. The number of unbranched alkanes of at least 4 members (excludes halogenated alkanes) is 8. The first-order valence-electron chi connectivity index (χ1n) is 16.5. The van der Waals surface area contributed by atoms with Gasteiger partial charge in [0.05, 0.1) is 26.7 Å². The van der Waals surface area contributed by atoms with E-state index in [1.165, 1.54) is 99.3 Å². The van der Waals surface area contributed by atoms with E-state index >= 15 is 0 Å². The molecule has 2 aromatic carbocycles. The minimum Gasteiger partial charge on any atom is -0.361 e. The molecule has 0 aromatic heterocycles. The summed E-state index contributed by atoms with van der Waals surface area (Å²) >= 11 is 0. The van der Waals surface area contributed by atoms with Crippen LogP contribution in [0.5, 0.6) is 0 Å². The second-order valence-corrected chi connectivity index (χ2v) is 11.4. The Hall–Kier alpha value is -1.72. The van der Waals surface area contributed by atoms with Crippen molar-refractivity contribution in [2.24, 2.45) is 0 Å². The third kappa shape index (κ3) is 15.3. The molecule has 2 aromatic rings. The Balaban J connectivity index is 1.76. The Morgan fingerprint density at radius 1 is 0.425 bits per heavy atom. The number of rotatable bonds is 25. The van der Waals surface area contributed by atoms with Crippen molar-refractivity contribution in [3.8, 4) is 11.1 Å². The van der Waals surface area contributed by atoms with Crippen molar-refractivity contribution in [2.75, 3.05) is 39.6 Å². The number of ether oxygens (including phenoxy) is 2. The molecule has 0 aliphatic rings. The topological polar surface area (TPSA) is 24.9 Å². The Bertz CT molecular complexity index is 765. The Morgan fingerprint density at radius 3 is 1.12 bits per heavy atom. The summed E-state index contributed by atoms with van der Waals surface area (Å²) in [6.45, 7) is 16.4. The van der Waals surface area contributed by atoms with Crippen LogP contribution in [0.1, 0.15) is 116 Å². The summed E-state index contributed by atoms with van der Waals surface area (Å²) in [6, 6.07) is 17.7. The van der Waals surface area contributed by atoms with Crippen LogP contribution < -0.4 is 0 Å². The molecule has 0 fully saturated rings. The summed E-state index contributed by atoms with van der Waals surface area (Å²) in [7, 11) is 0. The Kier molecular flexibility index (Phi) is 19.7. The minimum absolute atomic E-state index is 0.669. The van der Waals surface area contributed by atoms with Crippen molar-refractivity contribution in [3.05, 3.63) is 59.7 Å². The van der Waals surface area contributed by atoms with Gasteiger partial charge in [0.15, 0.2) is 0 Å². The SMILES string of the molecule is CCCCCCN(CCCC)COCc1ccc(-c2ccc(COCN(CCCC)CCCCCC)cc2)cc1. The molecule has 0 aliphatic carbocycles. The van der Waals surface area contributed by atoms with E-state index in [0.717, 1.165) is 39.6 Å². The van der Waals surface area contributed by atoms with Crippen LogP contribution in [0, 0.1) is 0 Å². The van der Waals surface area contributed by atoms with E-state index in [9.17, 15) is 0 Å². The molecule has 0 unspecified atom stereocenters. The van der Waals surface area contributed by atoms with Gasteiger partial charge in [0, 0.05) is 26.2 Å². The lowest BCUT2D eigenvalue weighted by atomic mass is 10.0. The summed E-state index contributed by atoms with van der Waals surface area (Å²) in [5.41, 5.74) is 4.96. The first kappa shape index (κ1) is 34.5. The third-order valence-corrected chi connectivity index (χ3v) is 7.64. The average molecular weight is 553 g/mol. The molecule has 0 saturated carbocycles. The van der Waals surface area contributed by atoms with Crippen molar-refractivity contribution in [3.63, 3.8) is 0 Å². The number of hydrogen-bond donors (Lipinski definition) is 0. The lowest BCUT2D eigenvalue weighted by molar-refractivity contribution is 0.0170. The van der Waals surface area contributed by atoms with Crippen molar-refractivity contribution in [1.29, 1.82) is 0 Å². The first-order chi connectivity index (χ1) is 19.7. The average Bonchev–Trinajstić information content (AvgIpc) is 2.99. The van der Waals surface area contributed by atoms with E-state index in [0.29, 0.717) is 13.2 Å². The van der Waals surface area contributed by atoms with Gasteiger partial charge in [-0.25, -0.2) is 0 Å². The smallest absolute Gasteiger partial charge is 0.0994 e. The molecule has 0 amide bonds. The van der Waals surface area contributed by atoms with Crippen LogP contribution in [0.3, 0.4) is 0 Å². The molecule has 0 N–H and O–H groups in total. The highest BCUT2D eigenvalue weighted by molar-refractivity contribution is 5.63. The second kappa shape index (κ2) is 22.9. The molecule has 2 rings (SSSR count). The molecule has 0 saturated heterocycles. The lowest BCUT2D eigenvalue weighted by Crippen LogP contribution is -2.28. The van der Waals surface area contributed by atoms with Crippen LogP contribution in [0.25, 0.3) is 11.1 Å². The fourth-order valence-corrected chi connectivity index (χ4v) is 4.94. The van der Waals surface area contributed by atoms with Crippen LogP contribution in [0.2, 0.25) is 0 Å². The molecule has 0 radical (unpaired) electrons. The van der Waals surface area contributed by atoms with Gasteiger partial charge in [-0.2, -0.15) is 0 Å². The first-order valence-corrected chi connectivity index (χ1v) is 16.5. The van der Waals surface area contributed by atoms with Gasteiger partial charge in [0.1, 0.15) is 0 Å². The van der Waals surface area contributed by atoms with Crippen LogP contribution >= 0.6 is 0 Å². The second-order valence-electron chi connectivity index (χ2n) is 11.4. The summed E-state index contributed by atoms with van der Waals surface area (Å²) in [5.74, 6) is 0. The molecule has 40 heavy (non-hydrogen) atoms. The highest BCUT2D eigenvalue weighted by Crippen LogP contribution is 2.21. The number of nitrogens with zero attached hydrogens (tertiary/aromatic N) is 2. The van der Waals surface area contributed by atoms with E-state index in [-0.39, 0.29) is 0 Å². The molecule has 0 heterocycles. The molecular weight excluding hydrogens is 492 g/mol. The zero-order chi connectivity index (χ0) is 28.7. The predicted octanol–water partition coefficient (Wildman–Crippen LogP) is 9.67. The van der Waals surface area contributed by atoms with Crippen molar-refractivity contribution in [1.82, 2.24) is 9.80 Å². The van der Waals surface area contributed by atoms with Crippen molar-refractivity contribution >= 4 is 0 Å². The summed E-state index contributed by atoms with van der Waals surface area (Å²) < 4.78 is 12.2. The molecule has 0 spiro atoms. The molecule has 4 nitrogen and oxygen atoms in total. The largest absolute Gasteiger partial charge is 0.361 e. The van der Waals surface area contributed by atoms with Gasteiger partial charge in [0.2, 0.25) is 0 Å². The van der Waals surface area contributed by atoms with Crippen LogP contribution in [0.4, 0.5) is 0 Å². The molecule has 0 atom stereocenters. The van der Waals surface area contributed by atoms with E-state index in [4.69, 9.17) is 9.47 Å². The lowest BCUT2D eigenvalue weighted by Gasteiger charge is -2.22. The Morgan fingerprint density at radius 2 is 0.775 bits per heavy atom. The summed E-state index contributed by atoms with van der Waals surface area (Å²) in [4.78, 5) is 4.96. The molecule has 226 valence electrons. The fourth-order valence-electron chi connectivity index (χ4n) is 4.94. The minimum atomic E-state index is 0.669. The van der Waals surface area contributed by atoms with Crippen LogP contribution in [0.15, 0.2) is 48.5 Å². The molecule has 4 heteroatoms. The van der Waals surface area contributed by atoms with Gasteiger partial charge in [-0.3, -0.25) is 9.80 Å². The highest BCUT2D eigenvalue weighted by Gasteiger charge is 2.07. The van der Waals surface area contributed by atoms with Gasteiger partial charge >= 0.3 is 0 Å². The van der Waals surface area contributed by atoms with Gasteiger partial charge in [-0.1, -0.05) is 128 Å². The maximum absolute atomic E-state index is 6.11. The van der Waals surface area contributed by atoms with E-state index in [2.05, 4.69) is 86.0 Å². The summed E-state index contributed by atoms with van der Waals surface area (Å²) in [5, 5.41) is 0. The van der Waals surface area contributed by atoms with E-state index in [1.807, 2.05) is 0 Å². The van der Waals surface area contributed by atoms with Gasteiger partial charge in [-0.15, -0.1) is 0 Å². The number of benzene rings is 2. The van der Waals surface area contributed by atoms with Crippen molar-refractivity contribution < 1.29 is 9.47 Å². The van der Waals surface area contributed by atoms with Gasteiger partial charge < -0.3 is 9.47 Å². The van der Waals surface area contributed by atoms with Gasteiger partial charge in [-0.05, 0) is 47.9 Å². The Labute approximate surface area is 247 Å². The standard InChI is InChI=1S/C36H60N2O2/c1-5-9-13-15-27-37(25-11-7-3)31-39-29-33-17-21-35(22-18-33)36-23-19-34(20-24-36)30-40-32-38(26-12-8-4)28-16-14-10-6-2/h17-24H,5-16,25-32H2,1-4H3. The molecule has 0 bridgehead atoms. The monoisotopic (exact) mass is 552 g/mol. The predicted molar refractivity (Wildman–Crippen MR) is 172 cm³/mol. The fraction of sp³-hybridized carbons (Fsp3) is 0.667. The quantitative estimate of drug-likeness (QED) is 0.0904. The zero-order valence-corrected chi connectivity index (χ0v) is 26.5. The van der Waals surface area contributed by atoms with E-state index in [1.54, 1.807) is 0 Å². The maximum atomic E-state index is 6.11. The molecular formula is C36H60N2O2. The molecule has 0 aliphatic heterocycles. The number of hydrogen-bond acceptors (Lipinski definition) is 4. The van der Waals surface area contributed by atoms with Crippen LogP contribution in [-0.2, 0) is 22.7 Å². The van der Waals surface area contributed by atoms with E-state index < -0.39 is 0 Å². The highest BCUT2D eigenvalue weighted by atomic mass is 16.5.